The van der Waals surface area contributed by atoms with E-state index in [1.807, 2.05) is 35.0 Å². The van der Waals surface area contributed by atoms with Gasteiger partial charge in [-0.15, -0.1) is 0 Å². The number of rotatable bonds is 5. The maximum Gasteiger partial charge on any atom is 0.261 e. The van der Waals surface area contributed by atoms with E-state index in [1.54, 1.807) is 35.7 Å². The second kappa shape index (κ2) is 7.51. The highest BCUT2D eigenvalue weighted by molar-refractivity contribution is 7.08. The van der Waals surface area contributed by atoms with Gasteiger partial charge in [0.1, 0.15) is 6.54 Å². The van der Waals surface area contributed by atoms with Crippen molar-refractivity contribution in [1.29, 1.82) is 0 Å². The Labute approximate surface area is 159 Å². The lowest BCUT2D eigenvalue weighted by Gasteiger charge is -2.10. The van der Waals surface area contributed by atoms with E-state index in [0.717, 1.165) is 16.8 Å². The predicted octanol–water partition coefficient (Wildman–Crippen LogP) is 2.84. The molecule has 0 fully saturated rings. The summed E-state index contributed by atoms with van der Waals surface area (Å²) in [6.07, 6.45) is 3.14. The summed E-state index contributed by atoms with van der Waals surface area (Å²) in [6.45, 7) is 0.262. The van der Waals surface area contributed by atoms with Crippen LogP contribution >= 0.6 is 11.3 Å². The molecule has 1 aromatic carbocycles. The van der Waals surface area contributed by atoms with Crippen LogP contribution in [0.25, 0.3) is 22.2 Å². The average molecular weight is 376 g/mol. The molecule has 0 radical (unpaired) electrons. The maximum absolute atomic E-state index is 12.5. The molecule has 0 aliphatic heterocycles. The predicted molar refractivity (Wildman–Crippen MR) is 105 cm³/mol. The van der Waals surface area contributed by atoms with Crippen LogP contribution in [0.5, 0.6) is 0 Å². The van der Waals surface area contributed by atoms with E-state index in [2.05, 4.69) is 15.3 Å². The normalized spacial score (nSPS) is 10.8. The van der Waals surface area contributed by atoms with Crippen LogP contribution in [0.3, 0.4) is 0 Å². The Morgan fingerprint density at radius 1 is 1.11 bits per heavy atom. The molecule has 4 aromatic rings. The number of nitrogens with one attached hydrogen (secondary N) is 1. The molecule has 0 aliphatic carbocycles. The summed E-state index contributed by atoms with van der Waals surface area (Å²) in [4.78, 5) is 33.5. The first-order valence-electron chi connectivity index (χ1n) is 8.40. The van der Waals surface area contributed by atoms with Crippen molar-refractivity contribution in [3.8, 4) is 11.3 Å². The van der Waals surface area contributed by atoms with Gasteiger partial charge in [-0.3, -0.25) is 19.1 Å². The van der Waals surface area contributed by atoms with Crippen LogP contribution in [0.2, 0.25) is 0 Å². The maximum atomic E-state index is 12.5. The fourth-order valence-corrected chi connectivity index (χ4v) is 3.50. The summed E-state index contributed by atoms with van der Waals surface area (Å²) in [7, 11) is 0. The minimum Gasteiger partial charge on any atom is -0.350 e. The Morgan fingerprint density at radius 3 is 2.85 bits per heavy atom. The lowest BCUT2D eigenvalue weighted by molar-refractivity contribution is -0.121. The van der Waals surface area contributed by atoms with Gasteiger partial charge in [0.25, 0.3) is 5.56 Å². The molecule has 27 heavy (non-hydrogen) atoms. The summed E-state index contributed by atoms with van der Waals surface area (Å²) in [5.41, 5.74) is 3.20. The zero-order valence-electron chi connectivity index (χ0n) is 14.3. The quantitative estimate of drug-likeness (QED) is 0.581. The van der Waals surface area contributed by atoms with Crippen LogP contribution in [-0.4, -0.2) is 20.4 Å². The van der Waals surface area contributed by atoms with Gasteiger partial charge >= 0.3 is 0 Å². The molecule has 4 rings (SSSR count). The molecular weight excluding hydrogens is 360 g/mol. The van der Waals surface area contributed by atoms with Gasteiger partial charge in [-0.2, -0.15) is 11.3 Å². The third-order valence-corrected chi connectivity index (χ3v) is 4.89. The Balaban J connectivity index is 1.49. The number of hydrogen-bond acceptors (Lipinski definition) is 5. The van der Waals surface area contributed by atoms with Gasteiger partial charge in [-0.25, -0.2) is 4.98 Å². The summed E-state index contributed by atoms with van der Waals surface area (Å²) < 4.78 is 1.32. The minimum absolute atomic E-state index is 0.0787. The number of amides is 1. The largest absolute Gasteiger partial charge is 0.350 e. The molecule has 0 saturated heterocycles. The number of pyridine rings is 1. The first-order chi connectivity index (χ1) is 13.2. The van der Waals surface area contributed by atoms with E-state index in [0.29, 0.717) is 17.4 Å². The van der Waals surface area contributed by atoms with Crippen molar-refractivity contribution in [1.82, 2.24) is 19.9 Å². The van der Waals surface area contributed by atoms with Gasteiger partial charge in [-0.1, -0.05) is 18.2 Å². The van der Waals surface area contributed by atoms with Crippen molar-refractivity contribution in [2.45, 2.75) is 13.1 Å². The highest BCUT2D eigenvalue weighted by Gasteiger charge is 2.10. The number of fused-ring (bicyclic) bond motifs is 1. The van der Waals surface area contributed by atoms with Gasteiger partial charge in [-0.05, 0) is 35.2 Å². The van der Waals surface area contributed by atoms with Gasteiger partial charge in [0.15, 0.2) is 0 Å². The summed E-state index contributed by atoms with van der Waals surface area (Å²) in [6, 6.07) is 12.9. The number of para-hydroxylation sites is 1. The Hall–Kier alpha value is -3.32. The van der Waals surface area contributed by atoms with Crippen LogP contribution < -0.4 is 10.9 Å². The molecule has 3 aromatic heterocycles. The molecule has 7 heteroatoms. The van der Waals surface area contributed by atoms with Gasteiger partial charge in [0, 0.05) is 23.7 Å². The molecule has 134 valence electrons. The first-order valence-corrected chi connectivity index (χ1v) is 9.34. The van der Waals surface area contributed by atoms with E-state index in [1.165, 1.54) is 10.9 Å². The van der Waals surface area contributed by atoms with E-state index in [9.17, 15) is 9.59 Å². The van der Waals surface area contributed by atoms with Crippen molar-refractivity contribution in [2.24, 2.45) is 0 Å². The lowest BCUT2D eigenvalue weighted by Crippen LogP contribution is -2.32. The van der Waals surface area contributed by atoms with Crippen LogP contribution in [0.15, 0.2) is 70.5 Å². The van der Waals surface area contributed by atoms with Crippen LogP contribution in [0.4, 0.5) is 0 Å². The zero-order valence-corrected chi connectivity index (χ0v) is 15.1. The topological polar surface area (TPSA) is 76.9 Å². The van der Waals surface area contributed by atoms with Crippen LogP contribution in [-0.2, 0) is 17.9 Å². The summed E-state index contributed by atoms with van der Waals surface area (Å²) in [5.74, 6) is -0.255. The smallest absolute Gasteiger partial charge is 0.261 e. The standard InChI is InChI=1S/C20H16N4O2S/c25-18(11-24-13-23-17-6-2-1-5-16(17)20(24)26)22-10-14-4-3-8-21-19(14)15-7-9-27-12-15/h1-9,12-13H,10-11H2,(H,22,25). The van der Waals surface area contributed by atoms with Crippen LogP contribution in [0.1, 0.15) is 5.56 Å². The number of benzene rings is 1. The molecule has 0 unspecified atom stereocenters. The lowest BCUT2D eigenvalue weighted by atomic mass is 10.1. The number of thiophene rings is 1. The molecule has 6 nitrogen and oxygen atoms in total. The number of nitrogens with zero attached hydrogens (tertiary/aromatic N) is 3. The second-order valence-electron chi connectivity index (χ2n) is 5.99. The Kier molecular flexibility index (Phi) is 4.76. The SMILES string of the molecule is O=C(Cn1cnc2ccccc2c1=O)NCc1cccnc1-c1ccsc1. The second-order valence-corrected chi connectivity index (χ2v) is 6.77. The number of carbonyl (C=O) groups excluding carboxylic acids is 1. The molecule has 0 bridgehead atoms. The third kappa shape index (κ3) is 3.63. The van der Waals surface area contributed by atoms with E-state index < -0.39 is 0 Å². The Morgan fingerprint density at radius 2 is 2.00 bits per heavy atom. The number of hydrogen-bond donors (Lipinski definition) is 1. The highest BCUT2D eigenvalue weighted by atomic mass is 32.1. The molecule has 0 spiro atoms. The fraction of sp³-hybridized carbons (Fsp3) is 0.100. The molecule has 3 heterocycles. The monoisotopic (exact) mass is 376 g/mol. The van der Waals surface area contributed by atoms with Crippen molar-refractivity contribution in [3.63, 3.8) is 0 Å². The van der Waals surface area contributed by atoms with E-state index in [4.69, 9.17) is 0 Å². The van der Waals surface area contributed by atoms with Crippen molar-refractivity contribution in [3.05, 3.63) is 81.7 Å². The summed E-state index contributed by atoms with van der Waals surface area (Å²) >= 11 is 1.60. The third-order valence-electron chi connectivity index (χ3n) is 4.21. The average Bonchev–Trinajstić information content (AvgIpc) is 3.24. The summed E-state index contributed by atoms with van der Waals surface area (Å²) in [5, 5.41) is 7.38. The number of carbonyl (C=O) groups is 1. The van der Waals surface area contributed by atoms with Crippen molar-refractivity contribution < 1.29 is 4.79 Å². The van der Waals surface area contributed by atoms with E-state index in [-0.39, 0.29) is 18.0 Å². The zero-order chi connectivity index (χ0) is 18.6. The molecule has 0 saturated carbocycles. The van der Waals surface area contributed by atoms with Gasteiger partial charge in [0.2, 0.25) is 5.91 Å². The molecular formula is C20H16N4O2S. The van der Waals surface area contributed by atoms with Crippen molar-refractivity contribution >= 4 is 28.1 Å². The molecule has 1 N–H and O–H groups in total. The Bertz CT molecular complexity index is 1150. The van der Waals surface area contributed by atoms with Crippen LogP contribution in [0, 0.1) is 0 Å². The fourth-order valence-electron chi connectivity index (χ4n) is 2.86. The van der Waals surface area contributed by atoms with E-state index >= 15 is 0 Å². The van der Waals surface area contributed by atoms with Gasteiger partial charge in [0.05, 0.1) is 22.9 Å². The molecule has 1 amide bonds. The van der Waals surface area contributed by atoms with Crippen molar-refractivity contribution in [2.75, 3.05) is 0 Å². The first kappa shape index (κ1) is 17.1. The number of aromatic nitrogens is 3. The molecule has 0 aliphatic rings. The van der Waals surface area contributed by atoms with Gasteiger partial charge < -0.3 is 5.32 Å². The highest BCUT2D eigenvalue weighted by Crippen LogP contribution is 2.23. The minimum atomic E-state index is -0.255. The molecule has 0 atom stereocenters.